The summed E-state index contributed by atoms with van der Waals surface area (Å²) in [6.07, 6.45) is 0. The molecule has 4 heteroatoms. The zero-order valence-electron chi connectivity index (χ0n) is 11.5. The molecule has 20 heavy (non-hydrogen) atoms. The van der Waals surface area contributed by atoms with Gasteiger partial charge in [0.05, 0.1) is 5.69 Å². The minimum atomic E-state index is -0.443. The van der Waals surface area contributed by atoms with Crippen LogP contribution in [-0.2, 0) is 11.3 Å². The molecule has 0 aromatic heterocycles. The molecule has 2 rings (SSSR count). The van der Waals surface area contributed by atoms with E-state index in [4.69, 9.17) is 0 Å². The number of carbonyl (C=O) groups is 1. The average Bonchev–Trinajstić information content (AvgIpc) is 2.39. The van der Waals surface area contributed by atoms with Crippen molar-refractivity contribution >= 4 is 17.3 Å². The van der Waals surface area contributed by atoms with Crippen LogP contribution in [0.4, 0.5) is 15.8 Å². The molecule has 0 saturated carbocycles. The SMILES string of the molecule is CC(=O)Nc1cc(NCc2cccc(C)c2)ccc1F. The van der Waals surface area contributed by atoms with Crippen molar-refractivity contribution in [3.63, 3.8) is 0 Å². The Labute approximate surface area is 117 Å². The highest BCUT2D eigenvalue weighted by atomic mass is 19.1. The van der Waals surface area contributed by atoms with E-state index < -0.39 is 5.82 Å². The van der Waals surface area contributed by atoms with E-state index in [1.165, 1.54) is 18.6 Å². The Morgan fingerprint density at radius 2 is 2.00 bits per heavy atom. The van der Waals surface area contributed by atoms with Crippen molar-refractivity contribution in [2.24, 2.45) is 0 Å². The van der Waals surface area contributed by atoms with Gasteiger partial charge in [-0.1, -0.05) is 29.8 Å². The normalized spacial score (nSPS) is 10.2. The number of hydrogen-bond donors (Lipinski definition) is 2. The summed E-state index contributed by atoms with van der Waals surface area (Å²) in [7, 11) is 0. The standard InChI is InChI=1S/C16H17FN2O/c1-11-4-3-5-13(8-11)10-18-14-6-7-15(17)16(9-14)19-12(2)20/h3-9,18H,10H2,1-2H3,(H,19,20). The first-order valence-electron chi connectivity index (χ1n) is 6.41. The van der Waals surface area contributed by atoms with Gasteiger partial charge in [0.15, 0.2) is 0 Å². The zero-order valence-corrected chi connectivity index (χ0v) is 11.5. The van der Waals surface area contributed by atoms with Crippen LogP contribution in [0.1, 0.15) is 18.1 Å². The van der Waals surface area contributed by atoms with Gasteiger partial charge in [0, 0.05) is 19.2 Å². The molecule has 0 aliphatic rings. The first kappa shape index (κ1) is 14.1. The van der Waals surface area contributed by atoms with Gasteiger partial charge in [-0.3, -0.25) is 4.79 Å². The molecule has 2 N–H and O–H groups in total. The lowest BCUT2D eigenvalue weighted by atomic mass is 10.1. The smallest absolute Gasteiger partial charge is 0.221 e. The molecule has 0 heterocycles. The monoisotopic (exact) mass is 272 g/mol. The lowest BCUT2D eigenvalue weighted by Gasteiger charge is -2.10. The predicted octanol–water partition coefficient (Wildman–Crippen LogP) is 3.70. The maximum Gasteiger partial charge on any atom is 0.221 e. The lowest BCUT2D eigenvalue weighted by Crippen LogP contribution is -2.08. The molecular weight excluding hydrogens is 255 g/mol. The molecular formula is C16H17FN2O. The van der Waals surface area contributed by atoms with Gasteiger partial charge in [0.2, 0.25) is 5.91 Å². The molecule has 0 atom stereocenters. The second-order valence-electron chi connectivity index (χ2n) is 4.72. The van der Waals surface area contributed by atoms with Crippen LogP contribution < -0.4 is 10.6 Å². The third kappa shape index (κ3) is 3.82. The quantitative estimate of drug-likeness (QED) is 0.891. The minimum Gasteiger partial charge on any atom is -0.381 e. The summed E-state index contributed by atoms with van der Waals surface area (Å²) in [4.78, 5) is 11.0. The molecule has 0 aliphatic heterocycles. The van der Waals surface area contributed by atoms with Crippen molar-refractivity contribution in [2.75, 3.05) is 10.6 Å². The maximum absolute atomic E-state index is 13.5. The van der Waals surface area contributed by atoms with Crippen molar-refractivity contribution in [1.29, 1.82) is 0 Å². The van der Waals surface area contributed by atoms with Gasteiger partial charge < -0.3 is 10.6 Å². The Bertz CT molecular complexity index is 626. The summed E-state index contributed by atoms with van der Waals surface area (Å²) in [6.45, 7) is 4.04. The fraction of sp³-hybridized carbons (Fsp3) is 0.188. The highest BCUT2D eigenvalue weighted by Gasteiger charge is 2.05. The van der Waals surface area contributed by atoms with Gasteiger partial charge in [0.1, 0.15) is 5.82 Å². The van der Waals surface area contributed by atoms with Gasteiger partial charge in [-0.25, -0.2) is 4.39 Å². The van der Waals surface area contributed by atoms with Gasteiger partial charge in [-0.15, -0.1) is 0 Å². The third-order valence-electron chi connectivity index (χ3n) is 2.86. The summed E-state index contributed by atoms with van der Waals surface area (Å²) in [5.41, 5.74) is 3.29. The Morgan fingerprint density at radius 1 is 1.20 bits per heavy atom. The van der Waals surface area contributed by atoms with Gasteiger partial charge in [0.25, 0.3) is 0 Å². The number of amides is 1. The van der Waals surface area contributed by atoms with Crippen LogP contribution in [0.5, 0.6) is 0 Å². The molecule has 0 bridgehead atoms. The number of aryl methyl sites for hydroxylation is 1. The van der Waals surface area contributed by atoms with Crippen LogP contribution in [0.2, 0.25) is 0 Å². The second-order valence-corrected chi connectivity index (χ2v) is 4.72. The Morgan fingerprint density at radius 3 is 2.70 bits per heavy atom. The summed E-state index contributed by atoms with van der Waals surface area (Å²) < 4.78 is 13.5. The summed E-state index contributed by atoms with van der Waals surface area (Å²) in [5, 5.41) is 5.68. The molecule has 0 saturated heterocycles. The van der Waals surface area contributed by atoms with Crippen molar-refractivity contribution in [3.05, 3.63) is 59.4 Å². The molecule has 2 aromatic rings. The molecule has 3 nitrogen and oxygen atoms in total. The topological polar surface area (TPSA) is 41.1 Å². The van der Waals surface area contributed by atoms with Gasteiger partial charge in [-0.05, 0) is 30.7 Å². The van der Waals surface area contributed by atoms with Crippen LogP contribution in [0.3, 0.4) is 0 Å². The molecule has 0 radical (unpaired) electrons. The van der Waals surface area contributed by atoms with Crippen molar-refractivity contribution in [3.8, 4) is 0 Å². The zero-order chi connectivity index (χ0) is 14.5. The summed E-state index contributed by atoms with van der Waals surface area (Å²) in [6, 6.07) is 12.7. The number of nitrogens with one attached hydrogen (secondary N) is 2. The highest BCUT2D eigenvalue weighted by molar-refractivity contribution is 5.89. The van der Waals surface area contributed by atoms with Crippen molar-refractivity contribution in [2.45, 2.75) is 20.4 Å². The van der Waals surface area contributed by atoms with E-state index in [2.05, 4.69) is 16.7 Å². The molecule has 0 fully saturated rings. The van der Waals surface area contributed by atoms with Crippen LogP contribution in [0.15, 0.2) is 42.5 Å². The van der Waals surface area contributed by atoms with Crippen molar-refractivity contribution < 1.29 is 9.18 Å². The maximum atomic E-state index is 13.5. The Balaban J connectivity index is 2.08. The number of anilines is 2. The molecule has 2 aromatic carbocycles. The third-order valence-corrected chi connectivity index (χ3v) is 2.86. The fourth-order valence-electron chi connectivity index (χ4n) is 1.95. The summed E-state index contributed by atoms with van der Waals surface area (Å²) in [5.74, 6) is -0.735. The number of halogens is 1. The second kappa shape index (κ2) is 6.19. The number of rotatable bonds is 4. The van der Waals surface area contributed by atoms with Gasteiger partial charge in [-0.2, -0.15) is 0 Å². The van der Waals surface area contributed by atoms with E-state index in [-0.39, 0.29) is 11.6 Å². The fourth-order valence-corrected chi connectivity index (χ4v) is 1.95. The first-order valence-corrected chi connectivity index (χ1v) is 6.41. The van der Waals surface area contributed by atoms with E-state index in [0.29, 0.717) is 6.54 Å². The highest BCUT2D eigenvalue weighted by Crippen LogP contribution is 2.20. The first-order chi connectivity index (χ1) is 9.54. The van der Waals surface area contributed by atoms with Crippen LogP contribution in [0, 0.1) is 12.7 Å². The van der Waals surface area contributed by atoms with E-state index in [0.717, 1.165) is 11.3 Å². The van der Waals surface area contributed by atoms with Crippen molar-refractivity contribution in [1.82, 2.24) is 0 Å². The molecule has 0 unspecified atom stereocenters. The lowest BCUT2D eigenvalue weighted by molar-refractivity contribution is -0.114. The van der Waals surface area contributed by atoms with Gasteiger partial charge >= 0.3 is 0 Å². The summed E-state index contributed by atoms with van der Waals surface area (Å²) >= 11 is 0. The Kier molecular flexibility index (Phi) is 4.35. The Hall–Kier alpha value is -2.36. The van der Waals surface area contributed by atoms with Crippen LogP contribution in [0.25, 0.3) is 0 Å². The van der Waals surface area contributed by atoms with E-state index in [1.807, 2.05) is 25.1 Å². The molecule has 104 valence electrons. The molecule has 1 amide bonds. The average molecular weight is 272 g/mol. The van der Waals surface area contributed by atoms with E-state index in [9.17, 15) is 9.18 Å². The molecule has 0 spiro atoms. The number of hydrogen-bond acceptors (Lipinski definition) is 2. The number of carbonyl (C=O) groups excluding carboxylic acids is 1. The van der Waals surface area contributed by atoms with E-state index in [1.54, 1.807) is 12.1 Å². The van der Waals surface area contributed by atoms with Crippen LogP contribution >= 0.6 is 0 Å². The number of benzene rings is 2. The predicted molar refractivity (Wildman–Crippen MR) is 79.2 cm³/mol. The van der Waals surface area contributed by atoms with E-state index >= 15 is 0 Å². The molecule has 0 aliphatic carbocycles. The largest absolute Gasteiger partial charge is 0.381 e. The minimum absolute atomic E-state index is 0.187. The van der Waals surface area contributed by atoms with Crippen LogP contribution in [-0.4, -0.2) is 5.91 Å².